The van der Waals surface area contributed by atoms with Crippen molar-refractivity contribution in [1.82, 2.24) is 4.90 Å². The van der Waals surface area contributed by atoms with Gasteiger partial charge < -0.3 is 10.1 Å². The highest BCUT2D eigenvalue weighted by Gasteiger charge is 2.41. The summed E-state index contributed by atoms with van der Waals surface area (Å²) in [7, 11) is 0. The number of hydrogen-bond donors (Lipinski definition) is 1. The van der Waals surface area contributed by atoms with E-state index in [2.05, 4.69) is 21.2 Å². The van der Waals surface area contributed by atoms with E-state index in [9.17, 15) is 19.2 Å². The van der Waals surface area contributed by atoms with Gasteiger partial charge in [-0.05, 0) is 59.6 Å². The van der Waals surface area contributed by atoms with Gasteiger partial charge in [0, 0.05) is 4.47 Å². The number of hydrogen-bond acceptors (Lipinski definition) is 5. The van der Waals surface area contributed by atoms with Crippen LogP contribution in [0.3, 0.4) is 0 Å². The Morgan fingerprint density at radius 3 is 2.29 bits per heavy atom. The highest BCUT2D eigenvalue weighted by atomic mass is 79.9. The summed E-state index contributed by atoms with van der Waals surface area (Å²) in [5.74, 6) is -2.49. The van der Waals surface area contributed by atoms with Gasteiger partial charge in [-0.1, -0.05) is 18.2 Å². The van der Waals surface area contributed by atoms with Crippen LogP contribution in [0.2, 0.25) is 0 Å². The number of benzene rings is 2. The third-order valence-corrected chi connectivity index (χ3v) is 4.95. The van der Waals surface area contributed by atoms with Crippen molar-refractivity contribution in [2.45, 2.75) is 19.9 Å². The second-order valence-corrected chi connectivity index (χ2v) is 7.20. The highest BCUT2D eigenvalue weighted by molar-refractivity contribution is 9.10. The Hall–Kier alpha value is -3.00. The zero-order valence-electron chi connectivity index (χ0n) is 15.2. The molecule has 0 aliphatic carbocycles. The van der Waals surface area contributed by atoms with Crippen molar-refractivity contribution in [3.63, 3.8) is 0 Å². The number of aryl methyl sites for hydroxylation is 1. The van der Waals surface area contributed by atoms with E-state index in [1.54, 1.807) is 18.2 Å². The van der Waals surface area contributed by atoms with Crippen LogP contribution in [0.1, 0.15) is 33.2 Å². The van der Waals surface area contributed by atoms with Gasteiger partial charge in [0.1, 0.15) is 6.04 Å². The molecule has 0 saturated heterocycles. The number of halogens is 1. The molecule has 1 aliphatic rings. The first kappa shape index (κ1) is 19.8. The predicted molar refractivity (Wildman–Crippen MR) is 105 cm³/mol. The van der Waals surface area contributed by atoms with Crippen LogP contribution in [0.5, 0.6) is 0 Å². The Labute approximate surface area is 169 Å². The average molecular weight is 445 g/mol. The number of esters is 1. The number of nitrogens with zero attached hydrogens (tertiary/aromatic N) is 1. The number of imide groups is 1. The summed E-state index contributed by atoms with van der Waals surface area (Å²) in [6, 6.07) is 10.6. The molecule has 0 fully saturated rings. The van der Waals surface area contributed by atoms with E-state index in [4.69, 9.17) is 4.74 Å². The Morgan fingerprint density at radius 1 is 1.11 bits per heavy atom. The standard InChI is InChI=1S/C20H17BrN2O5/c1-11-7-8-16(15(21)9-11)22-17(24)10-28-20(27)12(2)23-18(25)13-5-3-4-6-14(13)19(23)26/h3-9,12H,10H2,1-2H3,(H,22,24). The third-order valence-electron chi connectivity index (χ3n) is 4.30. The van der Waals surface area contributed by atoms with Gasteiger partial charge in [0.2, 0.25) is 0 Å². The number of carbonyl (C=O) groups is 4. The normalized spacial score (nSPS) is 13.9. The lowest BCUT2D eigenvalue weighted by Crippen LogP contribution is -2.44. The molecule has 1 unspecified atom stereocenters. The minimum Gasteiger partial charge on any atom is -0.454 e. The number of nitrogens with one attached hydrogen (secondary N) is 1. The van der Waals surface area contributed by atoms with Crippen LogP contribution in [0.15, 0.2) is 46.9 Å². The number of anilines is 1. The second kappa shape index (κ2) is 7.93. The molecule has 28 heavy (non-hydrogen) atoms. The Kier molecular flexibility index (Phi) is 5.60. The van der Waals surface area contributed by atoms with Crippen LogP contribution in [0.25, 0.3) is 0 Å². The van der Waals surface area contributed by atoms with Crippen molar-refractivity contribution in [1.29, 1.82) is 0 Å². The van der Waals surface area contributed by atoms with Gasteiger partial charge in [-0.3, -0.25) is 19.3 Å². The summed E-state index contributed by atoms with van der Waals surface area (Å²) >= 11 is 3.35. The molecule has 2 aromatic rings. The zero-order chi connectivity index (χ0) is 20.4. The van der Waals surface area contributed by atoms with E-state index >= 15 is 0 Å². The van der Waals surface area contributed by atoms with Gasteiger partial charge in [-0.2, -0.15) is 0 Å². The summed E-state index contributed by atoms with van der Waals surface area (Å²) in [5.41, 5.74) is 2.05. The lowest BCUT2D eigenvalue weighted by molar-refractivity contribution is -0.150. The lowest BCUT2D eigenvalue weighted by atomic mass is 10.1. The molecule has 0 bridgehead atoms. The van der Waals surface area contributed by atoms with Crippen LogP contribution in [-0.4, -0.2) is 41.2 Å². The van der Waals surface area contributed by atoms with Gasteiger partial charge >= 0.3 is 5.97 Å². The largest absolute Gasteiger partial charge is 0.454 e. The van der Waals surface area contributed by atoms with Gasteiger partial charge in [-0.25, -0.2) is 4.79 Å². The number of carbonyl (C=O) groups excluding carboxylic acids is 4. The molecule has 1 aliphatic heterocycles. The molecule has 1 atom stereocenters. The van der Waals surface area contributed by atoms with Crippen LogP contribution in [-0.2, 0) is 14.3 Å². The minimum absolute atomic E-state index is 0.245. The first-order valence-electron chi connectivity index (χ1n) is 8.49. The number of ether oxygens (including phenoxy) is 1. The van der Waals surface area contributed by atoms with Crippen molar-refractivity contribution in [3.8, 4) is 0 Å². The van der Waals surface area contributed by atoms with Crippen LogP contribution < -0.4 is 5.32 Å². The van der Waals surface area contributed by atoms with Gasteiger partial charge in [0.05, 0.1) is 16.8 Å². The molecular formula is C20H17BrN2O5. The number of amides is 3. The second-order valence-electron chi connectivity index (χ2n) is 6.34. The monoisotopic (exact) mass is 444 g/mol. The van der Waals surface area contributed by atoms with Crippen molar-refractivity contribution in [3.05, 3.63) is 63.6 Å². The Bertz CT molecular complexity index is 953. The van der Waals surface area contributed by atoms with Gasteiger partial charge in [0.15, 0.2) is 6.61 Å². The van der Waals surface area contributed by atoms with Crippen LogP contribution >= 0.6 is 15.9 Å². The maximum absolute atomic E-state index is 12.4. The summed E-state index contributed by atoms with van der Waals surface area (Å²) in [5, 5.41) is 2.62. The maximum Gasteiger partial charge on any atom is 0.329 e. The van der Waals surface area contributed by atoms with E-state index in [0.717, 1.165) is 10.5 Å². The Balaban J connectivity index is 1.60. The molecule has 3 amide bonds. The SMILES string of the molecule is Cc1ccc(NC(=O)COC(=O)C(C)N2C(=O)c3ccccc3C2=O)c(Br)c1. The fourth-order valence-corrected chi connectivity index (χ4v) is 3.42. The summed E-state index contributed by atoms with van der Waals surface area (Å²) in [4.78, 5) is 50.0. The first-order chi connectivity index (χ1) is 13.3. The van der Waals surface area contributed by atoms with Crippen molar-refractivity contribution in [2.75, 3.05) is 11.9 Å². The molecule has 0 saturated carbocycles. The molecule has 0 aromatic heterocycles. The third kappa shape index (κ3) is 3.82. The molecule has 144 valence electrons. The number of fused-ring (bicyclic) bond motifs is 1. The predicted octanol–water partition coefficient (Wildman–Crippen LogP) is 2.92. The molecule has 0 radical (unpaired) electrons. The molecular weight excluding hydrogens is 428 g/mol. The van der Waals surface area contributed by atoms with Crippen molar-refractivity contribution in [2.24, 2.45) is 0 Å². The van der Waals surface area contributed by atoms with Gasteiger partial charge in [0.25, 0.3) is 17.7 Å². The van der Waals surface area contributed by atoms with E-state index in [-0.39, 0.29) is 11.1 Å². The Morgan fingerprint density at radius 2 is 1.71 bits per heavy atom. The maximum atomic E-state index is 12.4. The lowest BCUT2D eigenvalue weighted by Gasteiger charge is -2.20. The fourth-order valence-electron chi connectivity index (χ4n) is 2.83. The van der Waals surface area contributed by atoms with Crippen LogP contribution in [0, 0.1) is 6.92 Å². The van der Waals surface area contributed by atoms with Crippen LogP contribution in [0.4, 0.5) is 5.69 Å². The van der Waals surface area contributed by atoms with E-state index in [1.165, 1.54) is 19.1 Å². The number of rotatable bonds is 5. The summed E-state index contributed by atoms with van der Waals surface area (Å²) in [6.07, 6.45) is 0. The zero-order valence-corrected chi connectivity index (χ0v) is 16.8. The highest BCUT2D eigenvalue weighted by Crippen LogP contribution is 2.25. The first-order valence-corrected chi connectivity index (χ1v) is 9.28. The fraction of sp³-hybridized carbons (Fsp3) is 0.200. The molecule has 0 spiro atoms. The van der Waals surface area contributed by atoms with E-state index < -0.39 is 36.3 Å². The average Bonchev–Trinajstić information content (AvgIpc) is 2.92. The topological polar surface area (TPSA) is 92.8 Å². The molecule has 1 N–H and O–H groups in total. The molecule has 3 rings (SSSR count). The smallest absolute Gasteiger partial charge is 0.329 e. The minimum atomic E-state index is -1.15. The van der Waals surface area contributed by atoms with Crippen molar-refractivity contribution >= 4 is 45.3 Å². The molecule has 8 heteroatoms. The molecule has 1 heterocycles. The van der Waals surface area contributed by atoms with Gasteiger partial charge in [-0.15, -0.1) is 0 Å². The molecule has 2 aromatic carbocycles. The van der Waals surface area contributed by atoms with E-state index in [0.29, 0.717) is 10.2 Å². The summed E-state index contributed by atoms with van der Waals surface area (Å²) in [6.45, 7) is 2.77. The molecule has 7 nitrogen and oxygen atoms in total. The summed E-state index contributed by atoms with van der Waals surface area (Å²) < 4.78 is 5.70. The van der Waals surface area contributed by atoms with E-state index in [1.807, 2.05) is 19.1 Å². The van der Waals surface area contributed by atoms with Crippen molar-refractivity contribution < 1.29 is 23.9 Å². The quantitative estimate of drug-likeness (QED) is 0.565.